The number of carbonyl (C=O) groups excluding carboxylic acids is 2. The van der Waals surface area contributed by atoms with Gasteiger partial charge in [0.15, 0.2) is 0 Å². The van der Waals surface area contributed by atoms with Crippen molar-refractivity contribution < 1.29 is 19.1 Å². The Bertz CT molecular complexity index is 586. The quantitative estimate of drug-likeness (QED) is 0.523. The first-order valence-electron chi connectivity index (χ1n) is 8.86. The lowest BCUT2D eigenvalue weighted by molar-refractivity contribution is -0.147. The SMILES string of the molecule is CCOC(=O)C(NC=O)C1(SCc2ccc(OC)cc2)CCN(C)CC1. The summed E-state index contributed by atoms with van der Waals surface area (Å²) in [5, 5.41) is 2.73. The van der Waals surface area contributed by atoms with Gasteiger partial charge in [-0.05, 0) is 57.6 Å². The van der Waals surface area contributed by atoms with Crippen LogP contribution in [0.15, 0.2) is 24.3 Å². The standard InChI is InChI=1S/C19H28N2O4S/c1-4-25-18(23)17(20-14-22)19(9-11-21(2)12-10-19)26-13-15-5-7-16(24-3)8-6-15/h5-8,14,17H,4,9-13H2,1-3H3,(H,20,22). The molecule has 1 saturated heterocycles. The number of methoxy groups -OCH3 is 1. The van der Waals surface area contributed by atoms with Crippen molar-refractivity contribution in [2.24, 2.45) is 0 Å². The molecule has 1 atom stereocenters. The van der Waals surface area contributed by atoms with Gasteiger partial charge in [-0.2, -0.15) is 0 Å². The average Bonchev–Trinajstić information content (AvgIpc) is 2.67. The number of amides is 1. The zero-order valence-corrected chi connectivity index (χ0v) is 16.5. The molecule has 0 spiro atoms. The molecule has 0 aliphatic carbocycles. The highest BCUT2D eigenvalue weighted by atomic mass is 32.2. The topological polar surface area (TPSA) is 67.9 Å². The summed E-state index contributed by atoms with van der Waals surface area (Å²) < 4.78 is 10.1. The highest BCUT2D eigenvalue weighted by molar-refractivity contribution is 8.00. The van der Waals surface area contributed by atoms with Gasteiger partial charge in [-0.25, -0.2) is 4.79 Å². The lowest BCUT2D eigenvalue weighted by Crippen LogP contribution is -2.58. The summed E-state index contributed by atoms with van der Waals surface area (Å²) in [5.41, 5.74) is 1.16. The maximum Gasteiger partial charge on any atom is 0.330 e. The van der Waals surface area contributed by atoms with E-state index in [9.17, 15) is 9.59 Å². The summed E-state index contributed by atoms with van der Waals surface area (Å²) in [5.74, 6) is 1.22. The fourth-order valence-electron chi connectivity index (χ4n) is 3.19. The van der Waals surface area contributed by atoms with E-state index in [4.69, 9.17) is 9.47 Å². The molecule has 2 rings (SSSR count). The molecule has 0 radical (unpaired) electrons. The number of hydrogen-bond acceptors (Lipinski definition) is 6. The first-order valence-corrected chi connectivity index (χ1v) is 9.85. The van der Waals surface area contributed by atoms with Crippen LogP contribution in [0.5, 0.6) is 5.75 Å². The van der Waals surface area contributed by atoms with Gasteiger partial charge in [-0.3, -0.25) is 4.79 Å². The molecule has 1 fully saturated rings. The number of piperidine rings is 1. The van der Waals surface area contributed by atoms with Gasteiger partial charge in [0.2, 0.25) is 6.41 Å². The third kappa shape index (κ3) is 5.14. The fourth-order valence-corrected chi connectivity index (χ4v) is 4.64. The monoisotopic (exact) mass is 380 g/mol. The first kappa shape index (κ1) is 20.6. The van der Waals surface area contributed by atoms with E-state index >= 15 is 0 Å². The smallest absolute Gasteiger partial charge is 0.330 e. The maximum atomic E-state index is 12.5. The molecule has 0 aromatic heterocycles. The summed E-state index contributed by atoms with van der Waals surface area (Å²) in [7, 11) is 3.72. The minimum atomic E-state index is -0.642. The van der Waals surface area contributed by atoms with E-state index < -0.39 is 6.04 Å². The molecule has 1 amide bonds. The van der Waals surface area contributed by atoms with Crippen LogP contribution in [0.3, 0.4) is 0 Å². The van der Waals surface area contributed by atoms with Crippen LogP contribution < -0.4 is 10.1 Å². The van der Waals surface area contributed by atoms with E-state index in [1.165, 1.54) is 0 Å². The molecule has 1 heterocycles. The summed E-state index contributed by atoms with van der Waals surface area (Å²) >= 11 is 1.73. The number of hydrogen-bond donors (Lipinski definition) is 1. The van der Waals surface area contributed by atoms with Crippen LogP contribution in [0, 0.1) is 0 Å². The number of benzene rings is 1. The Morgan fingerprint density at radius 1 is 1.35 bits per heavy atom. The van der Waals surface area contributed by atoms with Gasteiger partial charge >= 0.3 is 5.97 Å². The second kappa shape index (κ2) is 9.83. The van der Waals surface area contributed by atoms with E-state index in [1.807, 2.05) is 24.3 Å². The summed E-state index contributed by atoms with van der Waals surface area (Å²) in [4.78, 5) is 25.9. The summed E-state index contributed by atoms with van der Waals surface area (Å²) in [6.45, 7) is 3.84. The van der Waals surface area contributed by atoms with Crippen molar-refractivity contribution in [1.82, 2.24) is 10.2 Å². The molecule has 6 nitrogen and oxygen atoms in total. The number of carbonyl (C=O) groups is 2. The number of esters is 1. The van der Waals surface area contributed by atoms with Crippen molar-refractivity contribution in [3.8, 4) is 5.75 Å². The minimum absolute atomic E-state index is 0.301. The molecule has 1 unspecified atom stereocenters. The Morgan fingerprint density at radius 2 is 2.00 bits per heavy atom. The first-order chi connectivity index (χ1) is 12.5. The van der Waals surface area contributed by atoms with Gasteiger partial charge in [0.25, 0.3) is 0 Å². The lowest BCUT2D eigenvalue weighted by atomic mass is 9.88. The number of nitrogens with one attached hydrogen (secondary N) is 1. The molecule has 144 valence electrons. The molecule has 1 N–H and O–H groups in total. The molecule has 1 aromatic rings. The highest BCUT2D eigenvalue weighted by Gasteiger charge is 2.46. The summed E-state index contributed by atoms with van der Waals surface area (Å²) in [6.07, 6.45) is 2.24. The normalized spacial score (nSPS) is 18.0. The molecule has 0 bridgehead atoms. The van der Waals surface area contributed by atoms with Crippen LogP contribution in [0.25, 0.3) is 0 Å². The molecule has 1 aromatic carbocycles. The van der Waals surface area contributed by atoms with Crippen LogP contribution in [-0.4, -0.2) is 61.9 Å². The molecule has 1 aliphatic heterocycles. The van der Waals surface area contributed by atoms with Gasteiger partial charge in [-0.1, -0.05) is 12.1 Å². The predicted molar refractivity (Wildman–Crippen MR) is 103 cm³/mol. The fraction of sp³-hybridized carbons (Fsp3) is 0.579. The van der Waals surface area contributed by atoms with Crippen molar-refractivity contribution in [2.45, 2.75) is 36.3 Å². The Balaban J connectivity index is 2.19. The molecular formula is C19H28N2O4S. The van der Waals surface area contributed by atoms with Crippen molar-refractivity contribution in [1.29, 1.82) is 0 Å². The molecule has 0 saturated carbocycles. The number of nitrogens with zero attached hydrogens (tertiary/aromatic N) is 1. The van der Waals surface area contributed by atoms with E-state index in [2.05, 4.69) is 17.3 Å². The number of rotatable bonds is 9. The zero-order valence-electron chi connectivity index (χ0n) is 15.7. The van der Waals surface area contributed by atoms with Crippen LogP contribution >= 0.6 is 11.8 Å². The second-order valence-electron chi connectivity index (χ2n) is 6.47. The third-order valence-electron chi connectivity index (χ3n) is 4.80. The van der Waals surface area contributed by atoms with Crippen LogP contribution in [0.1, 0.15) is 25.3 Å². The Hall–Kier alpha value is -1.73. The van der Waals surface area contributed by atoms with Crippen LogP contribution in [0.4, 0.5) is 0 Å². The van der Waals surface area contributed by atoms with Gasteiger partial charge in [-0.15, -0.1) is 11.8 Å². The van der Waals surface area contributed by atoms with Crippen molar-refractivity contribution >= 4 is 24.1 Å². The molecule has 1 aliphatic rings. The Kier molecular flexibility index (Phi) is 7.78. The van der Waals surface area contributed by atoms with E-state index in [0.717, 1.165) is 43.0 Å². The van der Waals surface area contributed by atoms with E-state index in [0.29, 0.717) is 13.0 Å². The third-order valence-corrected chi connectivity index (χ3v) is 6.50. The molecule has 26 heavy (non-hydrogen) atoms. The Morgan fingerprint density at radius 3 is 2.54 bits per heavy atom. The van der Waals surface area contributed by atoms with Crippen molar-refractivity contribution in [3.63, 3.8) is 0 Å². The summed E-state index contributed by atoms with van der Waals surface area (Å²) in [6, 6.07) is 7.28. The number of likely N-dealkylation sites (tertiary alicyclic amines) is 1. The highest BCUT2D eigenvalue weighted by Crippen LogP contribution is 2.41. The number of ether oxygens (including phenoxy) is 2. The average molecular weight is 381 g/mol. The van der Waals surface area contributed by atoms with E-state index in [1.54, 1.807) is 25.8 Å². The van der Waals surface area contributed by atoms with Gasteiger partial charge in [0.1, 0.15) is 11.8 Å². The molecule has 7 heteroatoms. The number of thioether (sulfide) groups is 1. The van der Waals surface area contributed by atoms with E-state index in [-0.39, 0.29) is 10.7 Å². The van der Waals surface area contributed by atoms with Crippen LogP contribution in [-0.2, 0) is 20.1 Å². The van der Waals surface area contributed by atoms with Gasteiger partial charge in [0.05, 0.1) is 13.7 Å². The minimum Gasteiger partial charge on any atom is -0.497 e. The lowest BCUT2D eigenvalue weighted by Gasteiger charge is -2.44. The predicted octanol–water partition coefficient (Wildman–Crippen LogP) is 2.07. The Labute approximate surface area is 159 Å². The van der Waals surface area contributed by atoms with Gasteiger partial charge in [0, 0.05) is 10.5 Å². The van der Waals surface area contributed by atoms with Gasteiger partial charge < -0.3 is 19.7 Å². The van der Waals surface area contributed by atoms with Crippen LogP contribution in [0.2, 0.25) is 0 Å². The van der Waals surface area contributed by atoms with Crippen molar-refractivity contribution in [3.05, 3.63) is 29.8 Å². The van der Waals surface area contributed by atoms with Crippen molar-refractivity contribution in [2.75, 3.05) is 33.9 Å². The molecular weight excluding hydrogens is 352 g/mol. The second-order valence-corrected chi connectivity index (χ2v) is 7.86. The maximum absolute atomic E-state index is 12.5. The zero-order chi connectivity index (χ0) is 19.0. The largest absolute Gasteiger partial charge is 0.497 e.